The van der Waals surface area contributed by atoms with Gasteiger partial charge >= 0.3 is 0 Å². The van der Waals surface area contributed by atoms with E-state index in [1.165, 1.54) is 18.2 Å². The molecule has 2 aliphatic rings. The zero-order chi connectivity index (χ0) is 16.8. The Labute approximate surface area is 147 Å². The number of pyridine rings is 1. The standard InChI is InChI=1S/C21H23N3O/c1-24-16-3-4-17(24)12-19(11-16)25-18-5-7-21(23-13-18)14-2-6-20-15(10-14)8-9-22-20/h2,5-10,13,16-17,19,22H,3-4,11-12H2,1H3. The van der Waals surface area contributed by atoms with Gasteiger partial charge < -0.3 is 14.6 Å². The number of nitrogens with zero attached hydrogens (tertiary/aromatic N) is 2. The number of rotatable bonds is 3. The van der Waals surface area contributed by atoms with Crippen molar-refractivity contribution in [1.29, 1.82) is 0 Å². The van der Waals surface area contributed by atoms with Gasteiger partial charge in [0, 0.05) is 34.7 Å². The van der Waals surface area contributed by atoms with Gasteiger partial charge in [0.15, 0.2) is 0 Å². The van der Waals surface area contributed by atoms with Crippen LogP contribution in [-0.4, -0.2) is 40.1 Å². The van der Waals surface area contributed by atoms with Gasteiger partial charge in [0.25, 0.3) is 0 Å². The Morgan fingerprint density at radius 1 is 1.08 bits per heavy atom. The van der Waals surface area contributed by atoms with Crippen LogP contribution in [0.25, 0.3) is 22.2 Å². The van der Waals surface area contributed by atoms with E-state index in [-0.39, 0.29) is 0 Å². The van der Waals surface area contributed by atoms with Crippen molar-refractivity contribution in [3.8, 4) is 17.0 Å². The Hall–Kier alpha value is -2.33. The second kappa shape index (κ2) is 5.88. The molecule has 2 bridgehead atoms. The average Bonchev–Trinajstić information content (AvgIpc) is 3.16. The number of piperidine rings is 1. The monoisotopic (exact) mass is 333 g/mol. The van der Waals surface area contributed by atoms with Crippen molar-refractivity contribution >= 4 is 10.9 Å². The van der Waals surface area contributed by atoms with Gasteiger partial charge in [0.1, 0.15) is 11.9 Å². The van der Waals surface area contributed by atoms with E-state index >= 15 is 0 Å². The van der Waals surface area contributed by atoms with Crippen LogP contribution in [0.1, 0.15) is 25.7 Å². The predicted octanol–water partition coefficient (Wildman–Crippen LogP) is 4.23. The first-order chi connectivity index (χ1) is 12.3. The number of fused-ring (bicyclic) bond motifs is 3. The minimum absolute atomic E-state index is 0.331. The zero-order valence-corrected chi connectivity index (χ0v) is 14.5. The van der Waals surface area contributed by atoms with Crippen LogP contribution in [0.15, 0.2) is 48.8 Å². The third-order valence-electron chi connectivity index (χ3n) is 5.94. The van der Waals surface area contributed by atoms with E-state index in [9.17, 15) is 0 Å². The first-order valence-corrected chi connectivity index (χ1v) is 9.18. The number of benzene rings is 1. The molecule has 2 saturated heterocycles. The number of H-pyrrole nitrogens is 1. The summed E-state index contributed by atoms with van der Waals surface area (Å²) in [5, 5.41) is 1.21. The van der Waals surface area contributed by atoms with Crippen LogP contribution in [0.4, 0.5) is 0 Å². The molecule has 4 heteroatoms. The molecule has 4 heterocycles. The summed E-state index contributed by atoms with van der Waals surface area (Å²) in [6, 6.07) is 14.0. The van der Waals surface area contributed by atoms with Gasteiger partial charge in [-0.1, -0.05) is 6.07 Å². The summed E-state index contributed by atoms with van der Waals surface area (Å²) < 4.78 is 6.24. The number of hydrogen-bond donors (Lipinski definition) is 1. The van der Waals surface area contributed by atoms with Crippen molar-refractivity contribution in [1.82, 2.24) is 14.9 Å². The van der Waals surface area contributed by atoms with Crippen molar-refractivity contribution in [2.24, 2.45) is 0 Å². The van der Waals surface area contributed by atoms with Gasteiger partial charge in [0.2, 0.25) is 0 Å². The molecule has 5 rings (SSSR count). The minimum Gasteiger partial charge on any atom is -0.489 e. The average molecular weight is 333 g/mol. The van der Waals surface area contributed by atoms with E-state index < -0.39 is 0 Å². The van der Waals surface area contributed by atoms with Gasteiger partial charge in [-0.3, -0.25) is 4.98 Å². The first kappa shape index (κ1) is 15.0. The fraction of sp³-hybridized carbons (Fsp3) is 0.381. The van der Waals surface area contributed by atoms with Crippen molar-refractivity contribution in [3.63, 3.8) is 0 Å². The third-order valence-corrected chi connectivity index (χ3v) is 5.94. The highest BCUT2D eigenvalue weighted by molar-refractivity contribution is 5.84. The smallest absolute Gasteiger partial charge is 0.138 e. The molecule has 2 atom stereocenters. The molecule has 0 radical (unpaired) electrons. The zero-order valence-electron chi connectivity index (χ0n) is 14.5. The van der Waals surface area contributed by atoms with Crippen LogP contribution in [0.3, 0.4) is 0 Å². The van der Waals surface area contributed by atoms with Gasteiger partial charge in [-0.05, 0) is 63.1 Å². The molecule has 128 valence electrons. The quantitative estimate of drug-likeness (QED) is 0.780. The summed E-state index contributed by atoms with van der Waals surface area (Å²) in [5.74, 6) is 0.889. The van der Waals surface area contributed by atoms with E-state index in [1.54, 1.807) is 0 Å². The van der Waals surface area contributed by atoms with Gasteiger partial charge in [0.05, 0.1) is 11.9 Å². The van der Waals surface area contributed by atoms with Crippen molar-refractivity contribution in [3.05, 3.63) is 48.8 Å². The maximum absolute atomic E-state index is 6.24. The molecular weight excluding hydrogens is 310 g/mol. The molecule has 2 fully saturated rings. The highest BCUT2D eigenvalue weighted by atomic mass is 16.5. The summed E-state index contributed by atoms with van der Waals surface area (Å²) >= 11 is 0. The lowest BCUT2D eigenvalue weighted by Gasteiger charge is -2.36. The number of aromatic nitrogens is 2. The second-order valence-electron chi connectivity index (χ2n) is 7.42. The van der Waals surface area contributed by atoms with Gasteiger partial charge in [-0.25, -0.2) is 0 Å². The molecule has 0 spiro atoms. The summed E-state index contributed by atoms with van der Waals surface area (Å²) in [4.78, 5) is 10.4. The lowest BCUT2D eigenvalue weighted by molar-refractivity contribution is 0.0659. The largest absolute Gasteiger partial charge is 0.489 e. The third kappa shape index (κ3) is 2.71. The molecule has 2 aromatic heterocycles. The number of ether oxygens (including phenoxy) is 1. The van der Waals surface area contributed by atoms with E-state index in [0.29, 0.717) is 18.2 Å². The van der Waals surface area contributed by atoms with Crippen LogP contribution in [-0.2, 0) is 0 Å². The maximum Gasteiger partial charge on any atom is 0.138 e. The maximum atomic E-state index is 6.24. The van der Waals surface area contributed by atoms with Gasteiger partial charge in [-0.15, -0.1) is 0 Å². The highest BCUT2D eigenvalue weighted by Gasteiger charge is 2.39. The molecule has 2 aliphatic heterocycles. The van der Waals surface area contributed by atoms with Crippen LogP contribution in [0.2, 0.25) is 0 Å². The topological polar surface area (TPSA) is 41.1 Å². The van der Waals surface area contributed by atoms with E-state index in [0.717, 1.165) is 35.4 Å². The van der Waals surface area contributed by atoms with Crippen LogP contribution in [0.5, 0.6) is 5.75 Å². The molecule has 2 unspecified atom stereocenters. The van der Waals surface area contributed by atoms with Crippen molar-refractivity contribution in [2.75, 3.05) is 7.05 Å². The van der Waals surface area contributed by atoms with Crippen LogP contribution >= 0.6 is 0 Å². The molecular formula is C21H23N3O. The minimum atomic E-state index is 0.331. The van der Waals surface area contributed by atoms with E-state index in [2.05, 4.69) is 58.3 Å². The Bertz CT molecular complexity index is 872. The molecule has 1 N–H and O–H groups in total. The highest BCUT2D eigenvalue weighted by Crippen LogP contribution is 2.36. The first-order valence-electron chi connectivity index (χ1n) is 9.18. The molecule has 4 nitrogen and oxygen atoms in total. The van der Waals surface area contributed by atoms with E-state index in [1.807, 2.05) is 12.4 Å². The second-order valence-corrected chi connectivity index (χ2v) is 7.42. The Morgan fingerprint density at radius 3 is 2.68 bits per heavy atom. The van der Waals surface area contributed by atoms with Crippen LogP contribution in [0, 0.1) is 0 Å². The lowest BCUT2D eigenvalue weighted by atomic mass is 10.0. The normalized spacial score (nSPS) is 26.2. The van der Waals surface area contributed by atoms with Crippen LogP contribution < -0.4 is 4.74 Å². The fourth-order valence-electron chi connectivity index (χ4n) is 4.48. The number of hydrogen-bond acceptors (Lipinski definition) is 3. The summed E-state index contributed by atoms with van der Waals surface area (Å²) in [6.07, 6.45) is 9.08. The summed E-state index contributed by atoms with van der Waals surface area (Å²) in [5.41, 5.74) is 3.27. The molecule has 3 aromatic rings. The van der Waals surface area contributed by atoms with E-state index in [4.69, 9.17) is 4.74 Å². The number of nitrogens with one attached hydrogen (secondary N) is 1. The summed E-state index contributed by atoms with van der Waals surface area (Å²) in [6.45, 7) is 0. The fourth-order valence-corrected chi connectivity index (χ4v) is 4.48. The molecule has 0 aliphatic carbocycles. The Balaban J connectivity index is 1.31. The molecule has 25 heavy (non-hydrogen) atoms. The number of aromatic amines is 1. The SMILES string of the molecule is CN1C2CCC1CC(Oc1ccc(-c3ccc4[nH]ccc4c3)nc1)C2. The summed E-state index contributed by atoms with van der Waals surface area (Å²) in [7, 11) is 2.26. The Morgan fingerprint density at radius 2 is 1.92 bits per heavy atom. The lowest BCUT2D eigenvalue weighted by Crippen LogP contribution is -2.43. The van der Waals surface area contributed by atoms with Crippen molar-refractivity contribution in [2.45, 2.75) is 43.9 Å². The van der Waals surface area contributed by atoms with Crippen molar-refractivity contribution < 1.29 is 4.74 Å². The molecule has 0 amide bonds. The molecule has 1 aromatic carbocycles. The Kier molecular flexibility index (Phi) is 3.52. The van der Waals surface area contributed by atoms with Gasteiger partial charge in [-0.2, -0.15) is 0 Å². The molecule has 0 saturated carbocycles. The predicted molar refractivity (Wildman–Crippen MR) is 99.8 cm³/mol.